The van der Waals surface area contributed by atoms with Gasteiger partial charge in [-0.1, -0.05) is 35.3 Å². The number of hydrogen-bond donors (Lipinski definition) is 1. The summed E-state index contributed by atoms with van der Waals surface area (Å²) in [6.07, 6.45) is -0.860. The highest BCUT2D eigenvalue weighted by atomic mass is 35.5. The maximum Gasteiger partial charge on any atom is 0.341 e. The number of amides is 1. The molecule has 0 radical (unpaired) electrons. The van der Waals surface area contributed by atoms with Gasteiger partial charge in [0.1, 0.15) is 23.4 Å². The number of β-lactam (4-membered cyclic amide) rings is 1. The van der Waals surface area contributed by atoms with E-state index in [9.17, 15) is 14.0 Å². The van der Waals surface area contributed by atoms with Crippen molar-refractivity contribution in [1.82, 2.24) is 0 Å². The number of carboxylic acid groups (broad SMARTS) is 1. The molecule has 2 unspecified atom stereocenters. The molecule has 3 aromatic carbocycles. The van der Waals surface area contributed by atoms with Crippen LogP contribution in [0.15, 0.2) is 66.7 Å². The number of carbonyl (C=O) groups is 2. The van der Waals surface area contributed by atoms with E-state index >= 15 is 0 Å². The van der Waals surface area contributed by atoms with Crippen LogP contribution in [-0.2, 0) is 9.59 Å². The Morgan fingerprint density at radius 3 is 2.28 bits per heavy atom. The maximum atomic E-state index is 14.1. The summed E-state index contributed by atoms with van der Waals surface area (Å²) in [7, 11) is 0. The zero-order valence-electron chi connectivity index (χ0n) is 16.4. The van der Waals surface area contributed by atoms with Crippen LogP contribution in [0.3, 0.4) is 0 Å². The smallest absolute Gasteiger partial charge is 0.341 e. The van der Waals surface area contributed by atoms with Crippen LogP contribution in [0, 0.1) is 5.82 Å². The quantitative estimate of drug-likeness (QED) is 0.479. The van der Waals surface area contributed by atoms with Crippen LogP contribution in [0.2, 0.25) is 10.0 Å². The molecule has 0 saturated carbocycles. The predicted molar refractivity (Wildman–Crippen MR) is 117 cm³/mol. The van der Waals surface area contributed by atoms with Crippen LogP contribution in [0.4, 0.5) is 10.1 Å². The second kappa shape index (κ2) is 9.06. The van der Waals surface area contributed by atoms with Crippen LogP contribution in [0.1, 0.15) is 11.6 Å². The Hall–Kier alpha value is -3.29. The summed E-state index contributed by atoms with van der Waals surface area (Å²) in [6.45, 7) is -0.472. The van der Waals surface area contributed by atoms with E-state index in [2.05, 4.69) is 0 Å². The fraction of sp³-hybridized carbons (Fsp3) is 0.130. The van der Waals surface area contributed by atoms with Gasteiger partial charge in [-0.2, -0.15) is 0 Å². The van der Waals surface area contributed by atoms with Crippen LogP contribution < -0.4 is 14.4 Å². The Morgan fingerprint density at radius 1 is 1.00 bits per heavy atom. The molecular weight excluding hydrogens is 460 g/mol. The molecule has 1 aliphatic rings. The first-order valence-electron chi connectivity index (χ1n) is 9.48. The summed E-state index contributed by atoms with van der Waals surface area (Å²) in [5.74, 6) is -1.26. The van der Waals surface area contributed by atoms with E-state index in [0.29, 0.717) is 27.8 Å². The van der Waals surface area contributed by atoms with E-state index < -0.39 is 30.5 Å². The summed E-state index contributed by atoms with van der Waals surface area (Å²) in [6, 6.07) is 16.8. The summed E-state index contributed by atoms with van der Waals surface area (Å²) < 4.78 is 25.1. The highest BCUT2D eigenvalue weighted by Gasteiger charge is 2.51. The van der Waals surface area contributed by atoms with Crippen molar-refractivity contribution >= 4 is 40.8 Å². The minimum absolute atomic E-state index is 0.0489. The van der Waals surface area contributed by atoms with E-state index in [4.69, 9.17) is 37.8 Å². The molecule has 32 heavy (non-hydrogen) atoms. The van der Waals surface area contributed by atoms with E-state index in [-0.39, 0.29) is 10.9 Å². The molecular formula is C23H16Cl2FNO5. The van der Waals surface area contributed by atoms with Gasteiger partial charge in [0, 0.05) is 10.7 Å². The van der Waals surface area contributed by atoms with Gasteiger partial charge >= 0.3 is 5.97 Å². The molecule has 9 heteroatoms. The number of hydrogen-bond acceptors (Lipinski definition) is 4. The second-order valence-electron chi connectivity index (χ2n) is 7.00. The molecule has 0 bridgehead atoms. The average molecular weight is 476 g/mol. The normalized spacial score (nSPS) is 17.6. The molecule has 6 nitrogen and oxygen atoms in total. The number of carbonyl (C=O) groups excluding carboxylic acids is 1. The van der Waals surface area contributed by atoms with E-state index in [1.807, 2.05) is 0 Å². The first-order valence-corrected chi connectivity index (χ1v) is 10.2. The SMILES string of the molecule is O=C(O)COc1ccc(C2C(Oc3ccc(Cl)cc3)C(=O)N2c2ccc(Cl)c(F)c2)cc1. The molecule has 0 spiro atoms. The van der Waals surface area contributed by atoms with Gasteiger partial charge in [-0.3, -0.25) is 9.69 Å². The zero-order chi connectivity index (χ0) is 22.8. The van der Waals surface area contributed by atoms with Crippen molar-refractivity contribution < 1.29 is 28.6 Å². The number of benzene rings is 3. The van der Waals surface area contributed by atoms with Gasteiger partial charge in [0.15, 0.2) is 6.61 Å². The molecule has 0 aromatic heterocycles. The lowest BCUT2D eigenvalue weighted by molar-refractivity contribution is -0.139. The number of aliphatic carboxylic acids is 1. The highest BCUT2D eigenvalue weighted by molar-refractivity contribution is 6.31. The minimum Gasteiger partial charge on any atom is -0.482 e. The summed E-state index contributed by atoms with van der Waals surface area (Å²) in [4.78, 5) is 25.1. The van der Waals surface area contributed by atoms with E-state index in [0.717, 1.165) is 0 Å². The fourth-order valence-corrected chi connectivity index (χ4v) is 3.63. The van der Waals surface area contributed by atoms with Gasteiger partial charge in [-0.25, -0.2) is 9.18 Å². The van der Waals surface area contributed by atoms with Crippen LogP contribution in [0.5, 0.6) is 11.5 Å². The van der Waals surface area contributed by atoms with Crippen molar-refractivity contribution in [2.45, 2.75) is 12.1 Å². The Labute approximate surface area is 192 Å². The standard InChI is InChI=1S/C23H16Cl2FNO5/c24-14-3-8-17(9-4-14)32-22-21(13-1-6-16(7-2-13)31-12-20(28)29)27(23(22)30)15-5-10-18(25)19(26)11-15/h1-11,21-22H,12H2,(H,28,29). The van der Waals surface area contributed by atoms with Crippen LogP contribution in [-0.4, -0.2) is 29.7 Å². The Morgan fingerprint density at radius 2 is 1.66 bits per heavy atom. The predicted octanol–water partition coefficient (Wildman–Crippen LogP) is 5.13. The number of halogens is 3. The lowest BCUT2D eigenvalue weighted by atomic mass is 9.89. The van der Waals surface area contributed by atoms with Crippen LogP contribution >= 0.6 is 23.2 Å². The van der Waals surface area contributed by atoms with E-state index in [1.165, 1.54) is 17.0 Å². The molecule has 164 valence electrons. The highest BCUT2D eigenvalue weighted by Crippen LogP contribution is 2.42. The average Bonchev–Trinajstić information content (AvgIpc) is 2.78. The molecule has 2 atom stereocenters. The topological polar surface area (TPSA) is 76.1 Å². The van der Waals surface area contributed by atoms with Gasteiger partial charge < -0.3 is 14.6 Å². The van der Waals surface area contributed by atoms with Crippen LogP contribution in [0.25, 0.3) is 0 Å². The summed E-state index contributed by atoms with van der Waals surface area (Å²) in [5.41, 5.74) is 1.03. The lowest BCUT2D eigenvalue weighted by Crippen LogP contribution is -2.61. The van der Waals surface area contributed by atoms with Crippen molar-refractivity contribution in [1.29, 1.82) is 0 Å². The molecule has 1 aliphatic heterocycles. The third-order valence-electron chi connectivity index (χ3n) is 4.89. The number of nitrogens with zero attached hydrogens (tertiary/aromatic N) is 1. The molecule has 1 heterocycles. The van der Waals surface area contributed by atoms with Crippen molar-refractivity contribution in [3.63, 3.8) is 0 Å². The van der Waals surface area contributed by atoms with Gasteiger partial charge in [0.05, 0.1) is 5.02 Å². The van der Waals surface area contributed by atoms with Crippen molar-refractivity contribution in [2.75, 3.05) is 11.5 Å². The number of carboxylic acids is 1. The second-order valence-corrected chi connectivity index (χ2v) is 7.84. The van der Waals surface area contributed by atoms with Crippen molar-refractivity contribution in [2.24, 2.45) is 0 Å². The lowest BCUT2D eigenvalue weighted by Gasteiger charge is -2.46. The monoisotopic (exact) mass is 475 g/mol. The minimum atomic E-state index is -1.09. The third kappa shape index (κ3) is 4.49. The molecule has 4 rings (SSSR count). The Bertz CT molecular complexity index is 1150. The molecule has 1 N–H and O–H groups in total. The summed E-state index contributed by atoms with van der Waals surface area (Å²) >= 11 is 11.7. The number of rotatable bonds is 7. The first kappa shape index (κ1) is 21.9. The van der Waals surface area contributed by atoms with Gasteiger partial charge in [0.25, 0.3) is 5.91 Å². The molecule has 1 amide bonds. The first-order chi connectivity index (χ1) is 15.3. The molecule has 1 saturated heterocycles. The molecule has 0 aliphatic carbocycles. The van der Waals surface area contributed by atoms with Gasteiger partial charge in [-0.15, -0.1) is 0 Å². The van der Waals surface area contributed by atoms with Gasteiger partial charge in [0.2, 0.25) is 6.10 Å². The largest absolute Gasteiger partial charge is 0.482 e. The summed E-state index contributed by atoms with van der Waals surface area (Å²) in [5, 5.41) is 9.24. The Kier molecular flexibility index (Phi) is 6.21. The third-order valence-corrected chi connectivity index (χ3v) is 5.45. The van der Waals surface area contributed by atoms with Gasteiger partial charge in [-0.05, 0) is 60.2 Å². The molecule has 3 aromatic rings. The Balaban J connectivity index is 1.64. The van der Waals surface area contributed by atoms with E-state index in [1.54, 1.807) is 54.6 Å². The fourth-order valence-electron chi connectivity index (χ4n) is 3.39. The van der Waals surface area contributed by atoms with Crippen molar-refractivity contribution in [3.05, 3.63) is 88.2 Å². The number of anilines is 1. The maximum absolute atomic E-state index is 14.1. The zero-order valence-corrected chi connectivity index (χ0v) is 17.9. The number of ether oxygens (including phenoxy) is 2. The van der Waals surface area contributed by atoms with Crippen molar-refractivity contribution in [3.8, 4) is 11.5 Å². The molecule has 1 fully saturated rings.